The lowest BCUT2D eigenvalue weighted by Gasteiger charge is -2.21. The molecule has 0 saturated heterocycles. The van der Waals surface area contributed by atoms with E-state index in [4.69, 9.17) is 14.2 Å². The van der Waals surface area contributed by atoms with E-state index in [0.29, 0.717) is 30.5 Å². The molecule has 1 aliphatic rings. The quantitative estimate of drug-likeness (QED) is 0.584. The molecule has 24 heavy (non-hydrogen) atoms. The summed E-state index contributed by atoms with van der Waals surface area (Å²) in [6, 6.07) is 3.87. The molecule has 5 nitrogen and oxygen atoms in total. The zero-order valence-electron chi connectivity index (χ0n) is 14.8. The molecule has 0 radical (unpaired) electrons. The lowest BCUT2D eigenvalue weighted by Crippen LogP contribution is -2.30. The van der Waals surface area contributed by atoms with Crippen LogP contribution in [0.3, 0.4) is 0 Å². The predicted molar refractivity (Wildman–Crippen MR) is 94.8 cm³/mol. The van der Waals surface area contributed by atoms with Gasteiger partial charge in [-0.3, -0.25) is 4.79 Å². The number of nitrogens with one attached hydrogen (secondary N) is 1. The average Bonchev–Trinajstić information content (AvgIpc) is 2.59. The largest absolute Gasteiger partial charge is 0.493 e. The standard InChI is InChI=1S/C19H27NO4/c1-4-5-6-7-14(2)20-18(21)9-8-15-12-16(22-3)19-17(13-15)23-10-11-24-19/h8-9,12-14H,4-7,10-11H2,1-3H3,(H,20,21)/b9-8+. The van der Waals surface area contributed by atoms with E-state index in [1.54, 1.807) is 19.3 Å². The molecular formula is C19H27NO4. The van der Waals surface area contributed by atoms with Gasteiger partial charge in [-0.15, -0.1) is 0 Å². The molecule has 1 aromatic rings. The molecule has 1 amide bonds. The highest BCUT2D eigenvalue weighted by Crippen LogP contribution is 2.40. The molecule has 1 atom stereocenters. The van der Waals surface area contributed by atoms with Crippen LogP contribution < -0.4 is 19.5 Å². The second-order valence-corrected chi connectivity index (χ2v) is 5.99. The highest BCUT2D eigenvalue weighted by Gasteiger charge is 2.17. The van der Waals surface area contributed by atoms with Gasteiger partial charge in [0.1, 0.15) is 13.2 Å². The van der Waals surface area contributed by atoms with Gasteiger partial charge >= 0.3 is 0 Å². The smallest absolute Gasteiger partial charge is 0.244 e. The van der Waals surface area contributed by atoms with Crippen molar-refractivity contribution in [1.29, 1.82) is 0 Å². The fourth-order valence-electron chi connectivity index (χ4n) is 2.63. The van der Waals surface area contributed by atoms with Crippen molar-refractivity contribution in [3.05, 3.63) is 23.8 Å². The first-order valence-electron chi connectivity index (χ1n) is 8.60. The van der Waals surface area contributed by atoms with Crippen molar-refractivity contribution >= 4 is 12.0 Å². The summed E-state index contributed by atoms with van der Waals surface area (Å²) in [5.41, 5.74) is 0.838. The minimum atomic E-state index is -0.0899. The van der Waals surface area contributed by atoms with Gasteiger partial charge in [-0.25, -0.2) is 0 Å². The van der Waals surface area contributed by atoms with Crippen LogP contribution in [0.15, 0.2) is 18.2 Å². The van der Waals surface area contributed by atoms with Crippen molar-refractivity contribution in [2.75, 3.05) is 20.3 Å². The van der Waals surface area contributed by atoms with E-state index < -0.39 is 0 Å². The number of ether oxygens (including phenoxy) is 3. The van der Waals surface area contributed by atoms with Crippen molar-refractivity contribution in [3.8, 4) is 17.2 Å². The van der Waals surface area contributed by atoms with Crippen molar-refractivity contribution in [2.45, 2.75) is 45.6 Å². The lowest BCUT2D eigenvalue weighted by atomic mass is 10.1. The van der Waals surface area contributed by atoms with E-state index in [9.17, 15) is 4.79 Å². The number of amides is 1. The van der Waals surface area contributed by atoms with E-state index in [2.05, 4.69) is 12.2 Å². The topological polar surface area (TPSA) is 56.8 Å². The highest BCUT2D eigenvalue weighted by atomic mass is 16.6. The number of unbranched alkanes of at least 4 members (excludes halogenated alkanes) is 2. The predicted octanol–water partition coefficient (Wildman–Crippen LogP) is 3.56. The number of carbonyl (C=O) groups excluding carboxylic acids is 1. The molecule has 0 aromatic heterocycles. The molecule has 1 unspecified atom stereocenters. The maximum atomic E-state index is 12.0. The third kappa shape index (κ3) is 5.18. The van der Waals surface area contributed by atoms with Crippen molar-refractivity contribution in [2.24, 2.45) is 0 Å². The zero-order valence-corrected chi connectivity index (χ0v) is 14.8. The second kappa shape index (κ2) is 9.21. The number of methoxy groups -OCH3 is 1. The molecule has 0 fully saturated rings. The Hall–Kier alpha value is -2.17. The molecule has 1 heterocycles. The van der Waals surface area contributed by atoms with Crippen LogP contribution in [0, 0.1) is 0 Å². The summed E-state index contributed by atoms with van der Waals surface area (Å²) < 4.78 is 16.5. The van der Waals surface area contributed by atoms with Crippen molar-refractivity contribution < 1.29 is 19.0 Å². The molecule has 0 saturated carbocycles. The number of rotatable bonds is 8. The maximum absolute atomic E-state index is 12.0. The Morgan fingerprint density at radius 1 is 1.33 bits per heavy atom. The van der Waals surface area contributed by atoms with E-state index >= 15 is 0 Å². The van der Waals surface area contributed by atoms with Crippen LogP contribution in [-0.4, -0.2) is 32.3 Å². The molecule has 0 bridgehead atoms. The molecule has 0 aliphatic carbocycles. The summed E-state index contributed by atoms with van der Waals surface area (Å²) in [7, 11) is 1.59. The van der Waals surface area contributed by atoms with Crippen LogP contribution in [0.5, 0.6) is 17.2 Å². The Bertz CT molecular complexity index is 566. The fourth-order valence-corrected chi connectivity index (χ4v) is 2.63. The van der Waals surface area contributed by atoms with Gasteiger partial charge in [0.2, 0.25) is 11.7 Å². The van der Waals surface area contributed by atoms with Gasteiger partial charge in [0.15, 0.2) is 11.5 Å². The summed E-state index contributed by atoms with van der Waals surface area (Å²) in [4.78, 5) is 12.0. The van der Waals surface area contributed by atoms with Gasteiger partial charge in [0, 0.05) is 12.1 Å². The van der Waals surface area contributed by atoms with Crippen LogP contribution >= 0.6 is 0 Å². The molecule has 1 aromatic carbocycles. The first kappa shape index (κ1) is 18.2. The Morgan fingerprint density at radius 3 is 2.88 bits per heavy atom. The molecule has 5 heteroatoms. The van der Waals surface area contributed by atoms with Gasteiger partial charge in [0.25, 0.3) is 0 Å². The number of hydrogen-bond acceptors (Lipinski definition) is 4. The Balaban J connectivity index is 1.97. The van der Waals surface area contributed by atoms with E-state index in [-0.39, 0.29) is 11.9 Å². The van der Waals surface area contributed by atoms with Gasteiger partial charge in [-0.1, -0.05) is 26.2 Å². The number of carbonyl (C=O) groups is 1. The Labute approximate surface area is 144 Å². The second-order valence-electron chi connectivity index (χ2n) is 5.99. The lowest BCUT2D eigenvalue weighted by molar-refractivity contribution is -0.117. The van der Waals surface area contributed by atoms with E-state index in [1.807, 2.05) is 19.1 Å². The molecular weight excluding hydrogens is 306 g/mol. The number of fused-ring (bicyclic) bond motifs is 1. The Kier molecular flexibility index (Phi) is 6.97. The summed E-state index contributed by atoms with van der Waals surface area (Å²) in [5.74, 6) is 1.79. The van der Waals surface area contributed by atoms with Gasteiger partial charge in [-0.2, -0.15) is 0 Å². The first-order valence-corrected chi connectivity index (χ1v) is 8.60. The fraction of sp³-hybridized carbons (Fsp3) is 0.526. The van der Waals surface area contributed by atoms with Gasteiger partial charge in [0.05, 0.1) is 7.11 Å². The molecule has 1 N–H and O–H groups in total. The average molecular weight is 333 g/mol. The van der Waals surface area contributed by atoms with Crippen molar-refractivity contribution in [1.82, 2.24) is 5.32 Å². The normalized spacial score (nSPS) is 14.5. The maximum Gasteiger partial charge on any atom is 0.244 e. The van der Waals surface area contributed by atoms with E-state index in [1.165, 1.54) is 12.8 Å². The van der Waals surface area contributed by atoms with Crippen LogP contribution in [0.2, 0.25) is 0 Å². The minimum Gasteiger partial charge on any atom is -0.493 e. The third-order valence-corrected chi connectivity index (χ3v) is 3.91. The van der Waals surface area contributed by atoms with Crippen molar-refractivity contribution in [3.63, 3.8) is 0 Å². The summed E-state index contributed by atoms with van der Waals surface area (Å²) >= 11 is 0. The first-order chi connectivity index (χ1) is 11.6. The zero-order chi connectivity index (χ0) is 17.4. The molecule has 1 aliphatic heterocycles. The van der Waals surface area contributed by atoms with Crippen LogP contribution in [0.1, 0.15) is 45.1 Å². The van der Waals surface area contributed by atoms with Crippen LogP contribution in [0.4, 0.5) is 0 Å². The van der Waals surface area contributed by atoms with Gasteiger partial charge in [-0.05, 0) is 37.1 Å². The minimum absolute atomic E-state index is 0.0899. The summed E-state index contributed by atoms with van der Waals surface area (Å²) in [5, 5.41) is 2.99. The Morgan fingerprint density at radius 2 is 2.12 bits per heavy atom. The highest BCUT2D eigenvalue weighted by molar-refractivity contribution is 5.92. The number of benzene rings is 1. The van der Waals surface area contributed by atoms with Crippen LogP contribution in [0.25, 0.3) is 6.08 Å². The monoisotopic (exact) mass is 333 g/mol. The summed E-state index contributed by atoms with van der Waals surface area (Å²) in [6.07, 6.45) is 7.84. The molecule has 2 rings (SSSR count). The molecule has 132 valence electrons. The summed E-state index contributed by atoms with van der Waals surface area (Å²) in [6.45, 7) is 5.23. The van der Waals surface area contributed by atoms with Gasteiger partial charge < -0.3 is 19.5 Å². The van der Waals surface area contributed by atoms with E-state index in [0.717, 1.165) is 18.4 Å². The van der Waals surface area contributed by atoms with Crippen LogP contribution in [-0.2, 0) is 4.79 Å². The molecule has 0 spiro atoms. The third-order valence-electron chi connectivity index (χ3n) is 3.91. The SMILES string of the molecule is CCCCCC(C)NC(=O)/C=C/c1cc(OC)c2c(c1)OCCO2. The number of hydrogen-bond donors (Lipinski definition) is 1.